The molecule has 0 amide bonds. The third-order valence-electron chi connectivity index (χ3n) is 4.93. The lowest BCUT2D eigenvalue weighted by molar-refractivity contribution is 0.542. The van der Waals surface area contributed by atoms with E-state index < -0.39 is 11.3 Å². The third kappa shape index (κ3) is 3.92. The van der Waals surface area contributed by atoms with E-state index in [-0.39, 0.29) is 0 Å². The molecule has 6 nitrogen and oxygen atoms in total. The van der Waals surface area contributed by atoms with E-state index in [1.807, 2.05) is 61.5 Å². The van der Waals surface area contributed by atoms with Gasteiger partial charge in [-0.25, -0.2) is 9.97 Å². The molecule has 1 unspecified atom stereocenters. The quantitative estimate of drug-likeness (QED) is 0.487. The number of nitrogens with zero attached hydrogens (tertiary/aromatic N) is 3. The highest BCUT2D eigenvalue weighted by atomic mass is 32.2. The van der Waals surface area contributed by atoms with Crippen molar-refractivity contribution in [2.45, 2.75) is 26.8 Å². The minimum atomic E-state index is -2.41. The number of pyridine rings is 1. The fourth-order valence-corrected chi connectivity index (χ4v) is 3.88. The number of anilines is 1. The number of imidazole rings is 1. The molecule has 7 heteroatoms. The second-order valence-electron chi connectivity index (χ2n) is 6.85. The summed E-state index contributed by atoms with van der Waals surface area (Å²) in [5, 5.41) is 0. The van der Waals surface area contributed by atoms with Crippen LogP contribution in [0.15, 0.2) is 60.8 Å². The number of aryl methyl sites for hydroxylation is 2. The predicted octanol–water partition coefficient (Wildman–Crippen LogP) is 4.22. The van der Waals surface area contributed by atoms with E-state index in [1.165, 1.54) is 0 Å². The van der Waals surface area contributed by atoms with E-state index in [2.05, 4.69) is 21.2 Å². The molecule has 29 heavy (non-hydrogen) atoms. The summed E-state index contributed by atoms with van der Waals surface area (Å²) in [5.41, 5.74) is 6.14. The Morgan fingerprint density at radius 3 is 2.66 bits per heavy atom. The second kappa shape index (κ2) is 8.14. The molecule has 0 aliphatic carbocycles. The number of benzene rings is 2. The summed E-state index contributed by atoms with van der Waals surface area (Å²) in [6.07, 6.45) is 2.58. The van der Waals surface area contributed by atoms with Crippen LogP contribution in [0.2, 0.25) is 0 Å². The van der Waals surface area contributed by atoms with Crippen LogP contribution in [0.25, 0.3) is 22.3 Å². The first-order chi connectivity index (χ1) is 14.1. The number of fused-ring (bicyclic) bond motifs is 1. The van der Waals surface area contributed by atoms with Gasteiger partial charge in [-0.15, -0.1) is 0 Å². The Morgan fingerprint density at radius 2 is 1.93 bits per heavy atom. The van der Waals surface area contributed by atoms with Gasteiger partial charge in [0.25, 0.3) is 0 Å². The van der Waals surface area contributed by atoms with Crippen LogP contribution >= 0.6 is 0 Å². The van der Waals surface area contributed by atoms with Crippen molar-refractivity contribution >= 4 is 28.1 Å². The van der Waals surface area contributed by atoms with Gasteiger partial charge in [0, 0.05) is 29.4 Å². The van der Waals surface area contributed by atoms with E-state index in [4.69, 9.17) is 4.98 Å². The van der Waals surface area contributed by atoms with Crippen LogP contribution < -0.4 is 4.72 Å². The maximum atomic E-state index is 11.4. The summed E-state index contributed by atoms with van der Waals surface area (Å²) >= 11 is -2.41. The lowest BCUT2D eigenvalue weighted by Crippen LogP contribution is -2.08. The Labute approximate surface area is 172 Å². The molecular weight excluding hydrogens is 384 g/mol. The first-order valence-corrected chi connectivity index (χ1v) is 10.5. The van der Waals surface area contributed by atoms with Crippen LogP contribution in [-0.2, 0) is 24.2 Å². The predicted molar refractivity (Wildman–Crippen MR) is 115 cm³/mol. The Balaban J connectivity index is 1.78. The maximum absolute atomic E-state index is 11.4. The summed E-state index contributed by atoms with van der Waals surface area (Å²) in [6.45, 7) is 4.66. The number of rotatable bonds is 6. The molecule has 0 bridgehead atoms. The van der Waals surface area contributed by atoms with Gasteiger partial charge < -0.3 is 13.8 Å². The minimum Gasteiger partial charge on any atom is -0.755 e. The highest BCUT2D eigenvalue weighted by Crippen LogP contribution is 2.30. The monoisotopic (exact) mass is 405 g/mol. The maximum Gasteiger partial charge on any atom is 0.160 e. The van der Waals surface area contributed by atoms with Crippen molar-refractivity contribution in [1.82, 2.24) is 14.5 Å². The molecule has 1 N–H and O–H groups in total. The molecule has 0 aliphatic heterocycles. The van der Waals surface area contributed by atoms with Crippen molar-refractivity contribution in [2.24, 2.45) is 0 Å². The van der Waals surface area contributed by atoms with Crippen molar-refractivity contribution in [3.8, 4) is 11.1 Å². The zero-order valence-corrected chi connectivity index (χ0v) is 17.1. The lowest BCUT2D eigenvalue weighted by atomic mass is 10.0. The standard InChI is InChI=1S/C22H22N4O2S/c1-3-20-24-21-15(2)11-12-23-22(21)26(20)14-16-9-10-18(17-7-5-4-6-8-17)19(13-16)25-29(27)28/h4-13,25H,3,14H2,1-2H3,(H,27,28)/p-1. The summed E-state index contributed by atoms with van der Waals surface area (Å²) in [6, 6.07) is 17.5. The second-order valence-corrected chi connectivity index (χ2v) is 7.52. The van der Waals surface area contributed by atoms with Gasteiger partial charge in [-0.3, -0.25) is 4.21 Å². The van der Waals surface area contributed by atoms with Crippen LogP contribution in [0.4, 0.5) is 5.69 Å². The largest absolute Gasteiger partial charge is 0.755 e. The molecule has 0 aliphatic rings. The zero-order chi connectivity index (χ0) is 20.4. The first-order valence-electron chi connectivity index (χ1n) is 9.41. The van der Waals surface area contributed by atoms with E-state index in [0.29, 0.717) is 12.2 Å². The fraction of sp³-hybridized carbons (Fsp3) is 0.182. The SMILES string of the molecule is CCc1nc2c(C)ccnc2n1Cc1ccc(-c2ccccc2)c(NS(=O)[O-])c1. The van der Waals surface area contributed by atoms with Crippen LogP contribution in [0.5, 0.6) is 0 Å². The average Bonchev–Trinajstić information content (AvgIpc) is 3.07. The number of hydrogen-bond acceptors (Lipinski definition) is 4. The van der Waals surface area contributed by atoms with Gasteiger partial charge in [-0.1, -0.05) is 49.4 Å². The topological polar surface area (TPSA) is 82.9 Å². The van der Waals surface area contributed by atoms with E-state index in [0.717, 1.165) is 45.7 Å². The number of nitrogens with one attached hydrogen (secondary N) is 1. The summed E-state index contributed by atoms with van der Waals surface area (Å²) < 4.78 is 27.4. The van der Waals surface area contributed by atoms with Gasteiger partial charge in [0.2, 0.25) is 0 Å². The Hall–Kier alpha value is -3.03. The molecule has 2 heterocycles. The van der Waals surface area contributed by atoms with Gasteiger partial charge in [0.15, 0.2) is 5.65 Å². The Morgan fingerprint density at radius 1 is 1.14 bits per heavy atom. The van der Waals surface area contributed by atoms with Crippen LogP contribution in [0.1, 0.15) is 23.9 Å². The van der Waals surface area contributed by atoms with Gasteiger partial charge in [0.05, 0.1) is 12.2 Å². The van der Waals surface area contributed by atoms with Gasteiger partial charge in [-0.2, -0.15) is 0 Å². The molecule has 0 fully saturated rings. The van der Waals surface area contributed by atoms with Gasteiger partial charge in [0.1, 0.15) is 11.3 Å². The van der Waals surface area contributed by atoms with Crippen molar-refractivity contribution in [1.29, 1.82) is 0 Å². The molecule has 4 rings (SSSR count). The van der Waals surface area contributed by atoms with Crippen molar-refractivity contribution < 1.29 is 8.76 Å². The fourth-order valence-electron chi connectivity index (χ4n) is 3.54. The molecule has 4 aromatic rings. The van der Waals surface area contributed by atoms with Gasteiger partial charge >= 0.3 is 0 Å². The summed E-state index contributed by atoms with van der Waals surface area (Å²) in [7, 11) is 0. The van der Waals surface area contributed by atoms with Crippen LogP contribution in [-0.4, -0.2) is 23.3 Å². The van der Waals surface area contributed by atoms with Crippen molar-refractivity contribution in [2.75, 3.05) is 4.72 Å². The molecular formula is C22H21N4O2S-. The van der Waals surface area contributed by atoms with E-state index in [9.17, 15) is 8.76 Å². The van der Waals surface area contributed by atoms with Crippen LogP contribution in [0, 0.1) is 6.92 Å². The molecule has 2 aromatic heterocycles. The third-order valence-corrected chi connectivity index (χ3v) is 5.32. The summed E-state index contributed by atoms with van der Waals surface area (Å²) in [5.74, 6) is 0.954. The van der Waals surface area contributed by atoms with Gasteiger partial charge in [-0.05, 0) is 35.7 Å². The average molecular weight is 406 g/mol. The zero-order valence-electron chi connectivity index (χ0n) is 16.3. The molecule has 0 saturated carbocycles. The molecule has 148 valence electrons. The Kier molecular flexibility index (Phi) is 5.42. The summed E-state index contributed by atoms with van der Waals surface area (Å²) in [4.78, 5) is 9.28. The van der Waals surface area contributed by atoms with Crippen LogP contribution in [0.3, 0.4) is 0 Å². The highest BCUT2D eigenvalue weighted by Gasteiger charge is 2.14. The molecule has 0 spiro atoms. The highest BCUT2D eigenvalue weighted by molar-refractivity contribution is 7.80. The van der Waals surface area contributed by atoms with Crippen molar-refractivity contribution in [3.63, 3.8) is 0 Å². The molecule has 2 aromatic carbocycles. The number of hydrogen-bond donors (Lipinski definition) is 1. The molecule has 0 radical (unpaired) electrons. The lowest BCUT2D eigenvalue weighted by Gasteiger charge is -2.16. The normalized spacial score (nSPS) is 12.2. The Bertz CT molecular complexity index is 1190. The minimum absolute atomic E-state index is 0.550. The first kappa shape index (κ1) is 19.3. The molecule has 0 saturated heterocycles. The van der Waals surface area contributed by atoms with E-state index >= 15 is 0 Å². The number of aromatic nitrogens is 3. The van der Waals surface area contributed by atoms with E-state index in [1.54, 1.807) is 6.20 Å². The smallest absolute Gasteiger partial charge is 0.160 e. The molecule has 1 atom stereocenters. The van der Waals surface area contributed by atoms with Crippen molar-refractivity contribution in [3.05, 3.63) is 77.7 Å².